The zero-order valence-corrected chi connectivity index (χ0v) is 13.2. The molecule has 1 heterocycles. The standard InChI is InChI=1S/C13H13BBrNO3S/c1-19-11-3-4-12(14(17)18)9(6-11)8-20-13-5-2-10(15)7-16-13/h2-7,17-18H,8H2,1H3. The molecule has 0 aliphatic heterocycles. The molecule has 1 aromatic heterocycles. The number of pyridine rings is 1. The van der Waals surface area contributed by atoms with Crippen LogP contribution in [0.2, 0.25) is 0 Å². The van der Waals surface area contributed by atoms with Crippen LogP contribution in [-0.4, -0.2) is 29.3 Å². The van der Waals surface area contributed by atoms with E-state index in [0.717, 1.165) is 15.1 Å². The summed E-state index contributed by atoms with van der Waals surface area (Å²) in [6, 6.07) is 9.00. The molecule has 0 saturated heterocycles. The Bertz CT molecular complexity index is 580. The molecule has 4 nitrogen and oxygen atoms in total. The van der Waals surface area contributed by atoms with Gasteiger partial charge in [-0.25, -0.2) is 4.98 Å². The van der Waals surface area contributed by atoms with Gasteiger partial charge in [0.1, 0.15) is 5.75 Å². The minimum atomic E-state index is -1.49. The molecule has 0 saturated carbocycles. The molecule has 0 aliphatic rings. The SMILES string of the molecule is COc1ccc(B(O)O)c(CSc2ccc(Br)cn2)c1. The van der Waals surface area contributed by atoms with Crippen molar-refractivity contribution in [1.29, 1.82) is 0 Å². The fourth-order valence-corrected chi connectivity index (χ4v) is 2.76. The molecule has 104 valence electrons. The van der Waals surface area contributed by atoms with Crippen LogP contribution in [0.1, 0.15) is 5.56 Å². The number of benzene rings is 1. The number of hydrogen-bond acceptors (Lipinski definition) is 5. The normalized spacial score (nSPS) is 10.4. The van der Waals surface area contributed by atoms with Gasteiger partial charge in [-0.2, -0.15) is 0 Å². The third kappa shape index (κ3) is 3.99. The van der Waals surface area contributed by atoms with Gasteiger partial charge in [-0.3, -0.25) is 0 Å². The molecule has 2 N–H and O–H groups in total. The second-order valence-corrected chi connectivity index (χ2v) is 5.95. The van der Waals surface area contributed by atoms with Crippen molar-refractivity contribution >= 4 is 40.3 Å². The van der Waals surface area contributed by atoms with Gasteiger partial charge in [0.15, 0.2) is 0 Å². The highest BCUT2D eigenvalue weighted by molar-refractivity contribution is 9.10. The highest BCUT2D eigenvalue weighted by Gasteiger charge is 2.16. The Morgan fingerprint density at radius 3 is 2.70 bits per heavy atom. The molecule has 0 unspecified atom stereocenters. The second-order valence-electron chi connectivity index (χ2n) is 4.04. The predicted octanol–water partition coefficient (Wildman–Crippen LogP) is 1.82. The number of ether oxygens (including phenoxy) is 1. The van der Waals surface area contributed by atoms with Crippen molar-refractivity contribution in [1.82, 2.24) is 4.98 Å². The molecule has 0 radical (unpaired) electrons. The molecule has 0 amide bonds. The Hall–Kier alpha value is -1.02. The van der Waals surface area contributed by atoms with Gasteiger partial charge in [0.05, 0.1) is 12.1 Å². The van der Waals surface area contributed by atoms with Crippen molar-refractivity contribution in [3.05, 3.63) is 46.6 Å². The first-order valence-corrected chi connectivity index (χ1v) is 7.65. The van der Waals surface area contributed by atoms with E-state index in [1.54, 1.807) is 31.5 Å². The molecule has 0 bridgehead atoms. The van der Waals surface area contributed by atoms with Gasteiger partial charge in [0.2, 0.25) is 0 Å². The molecule has 7 heteroatoms. The number of halogens is 1. The van der Waals surface area contributed by atoms with Crippen LogP contribution in [0.4, 0.5) is 0 Å². The first-order valence-electron chi connectivity index (χ1n) is 5.87. The number of aromatic nitrogens is 1. The summed E-state index contributed by atoms with van der Waals surface area (Å²) < 4.78 is 6.09. The van der Waals surface area contributed by atoms with Gasteiger partial charge >= 0.3 is 7.12 Å². The quantitative estimate of drug-likeness (QED) is 0.634. The van der Waals surface area contributed by atoms with Crippen molar-refractivity contribution in [3.63, 3.8) is 0 Å². The number of hydrogen-bond donors (Lipinski definition) is 2. The van der Waals surface area contributed by atoms with Gasteiger partial charge < -0.3 is 14.8 Å². The average molecular weight is 354 g/mol. The lowest BCUT2D eigenvalue weighted by molar-refractivity contribution is 0.413. The molecule has 0 aliphatic carbocycles. The average Bonchev–Trinajstić information content (AvgIpc) is 2.46. The summed E-state index contributed by atoms with van der Waals surface area (Å²) >= 11 is 4.86. The Labute approximate surface area is 130 Å². The lowest BCUT2D eigenvalue weighted by Crippen LogP contribution is -2.32. The Balaban J connectivity index is 2.16. The number of rotatable bonds is 5. The number of nitrogens with zero attached hydrogens (tertiary/aromatic N) is 1. The lowest BCUT2D eigenvalue weighted by atomic mass is 9.77. The molecule has 20 heavy (non-hydrogen) atoms. The van der Waals surface area contributed by atoms with Crippen molar-refractivity contribution in [2.75, 3.05) is 7.11 Å². The third-order valence-electron chi connectivity index (χ3n) is 2.70. The molecule has 2 rings (SSSR count). The Morgan fingerprint density at radius 1 is 1.30 bits per heavy atom. The van der Waals surface area contributed by atoms with Gasteiger partial charge in [0.25, 0.3) is 0 Å². The molecule has 1 aromatic carbocycles. The van der Waals surface area contributed by atoms with Crippen molar-refractivity contribution < 1.29 is 14.8 Å². The zero-order chi connectivity index (χ0) is 14.5. The minimum Gasteiger partial charge on any atom is -0.497 e. The fraction of sp³-hybridized carbons (Fsp3) is 0.154. The summed E-state index contributed by atoms with van der Waals surface area (Å²) in [7, 11) is 0.0896. The number of thioether (sulfide) groups is 1. The Morgan fingerprint density at radius 2 is 2.10 bits per heavy atom. The molecule has 0 atom stereocenters. The van der Waals surface area contributed by atoms with Crippen LogP contribution < -0.4 is 10.2 Å². The maximum atomic E-state index is 9.39. The van der Waals surface area contributed by atoms with Gasteiger partial charge in [-0.15, -0.1) is 11.8 Å². The minimum absolute atomic E-state index is 0.482. The molecule has 0 fully saturated rings. The Kier molecular flexibility index (Phi) is 5.48. The fourth-order valence-electron chi connectivity index (χ4n) is 1.69. The first kappa shape index (κ1) is 15.4. The van der Waals surface area contributed by atoms with E-state index in [2.05, 4.69) is 20.9 Å². The molecule has 0 spiro atoms. The van der Waals surface area contributed by atoms with Gasteiger partial charge in [-0.05, 0) is 51.2 Å². The zero-order valence-electron chi connectivity index (χ0n) is 10.8. The summed E-state index contributed by atoms with van der Waals surface area (Å²) in [6.45, 7) is 0. The highest BCUT2D eigenvalue weighted by atomic mass is 79.9. The summed E-state index contributed by atoms with van der Waals surface area (Å²) in [5.41, 5.74) is 1.30. The van der Waals surface area contributed by atoms with Crippen LogP contribution >= 0.6 is 27.7 Å². The van der Waals surface area contributed by atoms with E-state index in [1.807, 2.05) is 12.1 Å². The van der Waals surface area contributed by atoms with Crippen molar-refractivity contribution in [2.45, 2.75) is 10.8 Å². The highest BCUT2D eigenvalue weighted by Crippen LogP contribution is 2.23. The lowest BCUT2D eigenvalue weighted by Gasteiger charge is -2.10. The van der Waals surface area contributed by atoms with Gasteiger partial charge in [-0.1, -0.05) is 6.07 Å². The second kappa shape index (κ2) is 7.13. The van der Waals surface area contributed by atoms with Crippen LogP contribution in [0.5, 0.6) is 5.75 Å². The first-order chi connectivity index (χ1) is 9.60. The van der Waals surface area contributed by atoms with E-state index in [-0.39, 0.29) is 0 Å². The maximum Gasteiger partial charge on any atom is 0.488 e. The number of methoxy groups -OCH3 is 1. The van der Waals surface area contributed by atoms with Crippen LogP contribution in [0.3, 0.4) is 0 Å². The van der Waals surface area contributed by atoms with E-state index in [0.29, 0.717) is 17.0 Å². The maximum absolute atomic E-state index is 9.39. The molecular formula is C13H13BBrNO3S. The molecular weight excluding hydrogens is 341 g/mol. The van der Waals surface area contributed by atoms with Crippen LogP contribution in [-0.2, 0) is 5.75 Å². The van der Waals surface area contributed by atoms with Gasteiger partial charge in [0, 0.05) is 16.4 Å². The third-order valence-corrected chi connectivity index (χ3v) is 4.17. The summed E-state index contributed by atoms with van der Waals surface area (Å²) in [5.74, 6) is 1.27. The van der Waals surface area contributed by atoms with E-state index in [1.165, 1.54) is 11.8 Å². The van der Waals surface area contributed by atoms with E-state index < -0.39 is 7.12 Å². The van der Waals surface area contributed by atoms with E-state index >= 15 is 0 Å². The summed E-state index contributed by atoms with van der Waals surface area (Å²) in [5, 5.41) is 19.6. The largest absolute Gasteiger partial charge is 0.497 e. The monoisotopic (exact) mass is 353 g/mol. The van der Waals surface area contributed by atoms with E-state index in [9.17, 15) is 10.0 Å². The van der Waals surface area contributed by atoms with Crippen molar-refractivity contribution in [3.8, 4) is 5.75 Å². The van der Waals surface area contributed by atoms with Crippen LogP contribution in [0.15, 0.2) is 46.0 Å². The van der Waals surface area contributed by atoms with Crippen LogP contribution in [0, 0.1) is 0 Å². The van der Waals surface area contributed by atoms with Crippen molar-refractivity contribution in [2.24, 2.45) is 0 Å². The van der Waals surface area contributed by atoms with E-state index in [4.69, 9.17) is 4.74 Å². The smallest absolute Gasteiger partial charge is 0.488 e. The van der Waals surface area contributed by atoms with Crippen LogP contribution in [0.25, 0.3) is 0 Å². The predicted molar refractivity (Wildman–Crippen MR) is 84.3 cm³/mol. The molecule has 2 aromatic rings. The topological polar surface area (TPSA) is 62.6 Å². The summed E-state index contributed by atoms with van der Waals surface area (Å²) in [6.07, 6.45) is 1.73. The summed E-state index contributed by atoms with van der Waals surface area (Å²) in [4.78, 5) is 4.27.